The van der Waals surface area contributed by atoms with Gasteiger partial charge in [-0.3, -0.25) is 9.20 Å². The number of aromatic nitrogens is 2. The second kappa shape index (κ2) is 5.43. The van der Waals surface area contributed by atoms with Crippen LogP contribution in [0.2, 0.25) is 0 Å². The summed E-state index contributed by atoms with van der Waals surface area (Å²) in [5.41, 5.74) is 2.48. The highest BCUT2D eigenvalue weighted by Crippen LogP contribution is 2.05. The van der Waals surface area contributed by atoms with Gasteiger partial charge in [-0.05, 0) is 25.5 Å². The predicted molar refractivity (Wildman–Crippen MR) is 75.6 cm³/mol. The van der Waals surface area contributed by atoms with E-state index in [9.17, 15) is 4.79 Å². The van der Waals surface area contributed by atoms with Crippen molar-refractivity contribution in [2.24, 2.45) is 0 Å². The van der Waals surface area contributed by atoms with Gasteiger partial charge in [-0.25, -0.2) is 4.98 Å². The van der Waals surface area contributed by atoms with E-state index in [4.69, 9.17) is 0 Å². The van der Waals surface area contributed by atoms with Crippen molar-refractivity contribution in [3.8, 4) is 0 Å². The van der Waals surface area contributed by atoms with Crippen LogP contribution in [-0.4, -0.2) is 9.38 Å². The first kappa shape index (κ1) is 13.2. The number of aryl methyl sites for hydroxylation is 1. The van der Waals surface area contributed by atoms with Crippen LogP contribution in [0.1, 0.15) is 24.6 Å². The molecule has 16 heavy (non-hydrogen) atoms. The van der Waals surface area contributed by atoms with E-state index in [1.54, 1.807) is 10.6 Å². The van der Waals surface area contributed by atoms with Crippen molar-refractivity contribution >= 4 is 29.6 Å². The summed E-state index contributed by atoms with van der Waals surface area (Å²) < 4.78 is 1.61. The monoisotopic (exact) mass is 330 g/mol. The van der Waals surface area contributed by atoms with E-state index in [2.05, 4.69) is 11.9 Å². The molecule has 0 amide bonds. The lowest BCUT2D eigenvalue weighted by atomic mass is 10.1. The van der Waals surface area contributed by atoms with Gasteiger partial charge in [0.1, 0.15) is 5.65 Å². The number of nitrogens with zero attached hydrogens (tertiary/aromatic N) is 2. The smallest absolute Gasteiger partial charge is 0.261 e. The Bertz CT molecular complexity index is 548. The molecule has 0 radical (unpaired) electrons. The van der Waals surface area contributed by atoms with Crippen LogP contribution in [0.3, 0.4) is 0 Å². The zero-order chi connectivity index (χ0) is 10.8. The minimum absolute atomic E-state index is 0. The zero-order valence-electron chi connectivity index (χ0n) is 9.43. The molecule has 0 atom stereocenters. The largest absolute Gasteiger partial charge is 0.269 e. The Morgan fingerprint density at radius 3 is 2.81 bits per heavy atom. The fourth-order valence-corrected chi connectivity index (χ4v) is 1.77. The normalized spacial score (nSPS) is 10.1. The van der Waals surface area contributed by atoms with E-state index in [0.717, 1.165) is 29.7 Å². The van der Waals surface area contributed by atoms with E-state index in [1.165, 1.54) is 0 Å². The van der Waals surface area contributed by atoms with Gasteiger partial charge in [-0.1, -0.05) is 19.4 Å². The Balaban J connectivity index is 0.00000128. The summed E-state index contributed by atoms with van der Waals surface area (Å²) >= 11 is 0. The van der Waals surface area contributed by atoms with Gasteiger partial charge in [0.25, 0.3) is 5.56 Å². The lowest BCUT2D eigenvalue weighted by Crippen LogP contribution is -2.21. The zero-order valence-corrected chi connectivity index (χ0v) is 11.8. The first-order chi connectivity index (χ1) is 7.24. The van der Waals surface area contributed by atoms with Crippen LogP contribution in [0.5, 0.6) is 0 Å². The molecule has 86 valence electrons. The average molecular weight is 330 g/mol. The molecule has 0 N–H and O–H groups in total. The molecular weight excluding hydrogens is 315 g/mol. The molecule has 2 aromatic heterocycles. The van der Waals surface area contributed by atoms with Gasteiger partial charge in [0, 0.05) is 17.5 Å². The first-order valence-corrected chi connectivity index (χ1v) is 5.21. The Labute approximate surface area is 112 Å². The highest BCUT2D eigenvalue weighted by Gasteiger charge is 2.07. The molecule has 0 aliphatic heterocycles. The Hall–Kier alpha value is -0.910. The maximum Gasteiger partial charge on any atom is 0.261 e. The molecule has 3 nitrogen and oxygen atoms in total. The third-order valence-corrected chi connectivity index (χ3v) is 2.53. The predicted octanol–water partition coefficient (Wildman–Crippen LogP) is 2.57. The molecule has 0 bridgehead atoms. The Kier molecular flexibility index (Phi) is 4.46. The van der Waals surface area contributed by atoms with E-state index < -0.39 is 0 Å². The van der Waals surface area contributed by atoms with Crippen molar-refractivity contribution in [2.75, 3.05) is 0 Å². The quantitative estimate of drug-likeness (QED) is 0.793. The number of rotatable bonds is 2. The molecular formula is C12H15IN2O. The molecule has 2 heterocycles. The lowest BCUT2D eigenvalue weighted by Gasteiger charge is -2.06. The van der Waals surface area contributed by atoms with Crippen molar-refractivity contribution in [2.45, 2.75) is 26.7 Å². The Morgan fingerprint density at radius 2 is 2.12 bits per heavy atom. The first-order valence-electron chi connectivity index (χ1n) is 5.21. The molecule has 0 spiro atoms. The summed E-state index contributed by atoms with van der Waals surface area (Å²) in [7, 11) is 0. The van der Waals surface area contributed by atoms with Crippen LogP contribution >= 0.6 is 24.0 Å². The highest BCUT2D eigenvalue weighted by molar-refractivity contribution is 14.0. The molecule has 0 aliphatic rings. The van der Waals surface area contributed by atoms with Gasteiger partial charge < -0.3 is 0 Å². The molecule has 0 saturated heterocycles. The van der Waals surface area contributed by atoms with Gasteiger partial charge >= 0.3 is 0 Å². The van der Waals surface area contributed by atoms with Crippen LogP contribution in [0.15, 0.2) is 29.2 Å². The number of pyridine rings is 1. The summed E-state index contributed by atoms with van der Waals surface area (Å²) in [6, 6.07) is 5.59. The molecule has 0 saturated carbocycles. The van der Waals surface area contributed by atoms with Gasteiger partial charge in [-0.2, -0.15) is 0 Å². The molecule has 2 aromatic rings. The third-order valence-electron chi connectivity index (χ3n) is 2.53. The summed E-state index contributed by atoms with van der Waals surface area (Å²) in [6.07, 6.45) is 3.54. The molecule has 0 aliphatic carbocycles. The number of halogens is 1. The maximum absolute atomic E-state index is 12.1. The molecule has 4 heteroatoms. The number of fused-ring (bicyclic) bond motifs is 1. The van der Waals surface area contributed by atoms with Crippen molar-refractivity contribution in [1.82, 2.24) is 9.38 Å². The fourth-order valence-electron chi connectivity index (χ4n) is 1.77. The van der Waals surface area contributed by atoms with Gasteiger partial charge in [0.15, 0.2) is 0 Å². The number of hydrogen-bond acceptors (Lipinski definition) is 2. The van der Waals surface area contributed by atoms with Gasteiger partial charge in [-0.15, -0.1) is 24.0 Å². The summed E-state index contributed by atoms with van der Waals surface area (Å²) in [5, 5.41) is 0. The van der Waals surface area contributed by atoms with Crippen LogP contribution in [0.4, 0.5) is 0 Å². The van der Waals surface area contributed by atoms with Crippen molar-refractivity contribution < 1.29 is 0 Å². The van der Waals surface area contributed by atoms with E-state index in [1.807, 2.05) is 25.1 Å². The van der Waals surface area contributed by atoms with E-state index >= 15 is 0 Å². The second-order valence-corrected chi connectivity index (χ2v) is 3.66. The summed E-state index contributed by atoms with van der Waals surface area (Å²) in [6.45, 7) is 3.97. The summed E-state index contributed by atoms with van der Waals surface area (Å²) in [4.78, 5) is 16.5. The van der Waals surface area contributed by atoms with Crippen molar-refractivity contribution in [3.63, 3.8) is 0 Å². The molecule has 2 rings (SSSR count). The van der Waals surface area contributed by atoms with Crippen LogP contribution in [0.25, 0.3) is 5.65 Å². The minimum atomic E-state index is 0. The topological polar surface area (TPSA) is 34.4 Å². The van der Waals surface area contributed by atoms with E-state index in [0.29, 0.717) is 0 Å². The van der Waals surface area contributed by atoms with Gasteiger partial charge in [0.05, 0.1) is 0 Å². The van der Waals surface area contributed by atoms with Crippen LogP contribution in [-0.2, 0) is 6.42 Å². The average Bonchev–Trinajstić information content (AvgIpc) is 2.24. The SMILES string of the molecule is CCCc1c(C)nc2ccccn2c1=O.I. The highest BCUT2D eigenvalue weighted by atomic mass is 127. The molecule has 0 unspecified atom stereocenters. The van der Waals surface area contributed by atoms with E-state index in [-0.39, 0.29) is 29.5 Å². The summed E-state index contributed by atoms with van der Waals surface area (Å²) in [5.74, 6) is 0. The lowest BCUT2D eigenvalue weighted by molar-refractivity contribution is 0.857. The van der Waals surface area contributed by atoms with Crippen molar-refractivity contribution in [3.05, 3.63) is 46.0 Å². The Morgan fingerprint density at radius 1 is 1.38 bits per heavy atom. The fraction of sp³-hybridized carbons (Fsp3) is 0.333. The standard InChI is InChI=1S/C12H14N2O.HI/c1-3-6-10-9(2)13-11-7-4-5-8-14(11)12(10)15;/h4-5,7-8H,3,6H2,1-2H3;1H. The molecule has 0 fully saturated rings. The molecule has 0 aromatic carbocycles. The van der Waals surface area contributed by atoms with Gasteiger partial charge in [0.2, 0.25) is 0 Å². The minimum Gasteiger partial charge on any atom is -0.269 e. The second-order valence-electron chi connectivity index (χ2n) is 3.66. The maximum atomic E-state index is 12.1. The van der Waals surface area contributed by atoms with Crippen molar-refractivity contribution in [1.29, 1.82) is 0 Å². The van der Waals surface area contributed by atoms with Crippen LogP contribution in [0, 0.1) is 6.92 Å². The van der Waals surface area contributed by atoms with Crippen LogP contribution < -0.4 is 5.56 Å². The number of hydrogen-bond donors (Lipinski definition) is 0. The third kappa shape index (κ3) is 2.26.